The maximum absolute atomic E-state index is 12.9. The third-order valence-corrected chi connectivity index (χ3v) is 4.41. The zero-order chi connectivity index (χ0) is 21.8. The molecule has 0 heterocycles. The van der Waals surface area contributed by atoms with Crippen molar-refractivity contribution in [3.8, 4) is 11.1 Å². The van der Waals surface area contributed by atoms with Crippen LogP contribution < -0.4 is 11.1 Å². The molecular weight excluding hydrogens is 386 g/mol. The first-order valence-electron chi connectivity index (χ1n) is 8.74. The molecule has 0 aliphatic rings. The van der Waals surface area contributed by atoms with Crippen molar-refractivity contribution in [1.29, 1.82) is 5.41 Å². The van der Waals surface area contributed by atoms with Gasteiger partial charge in [0.1, 0.15) is 5.84 Å². The summed E-state index contributed by atoms with van der Waals surface area (Å²) in [6, 6.07) is 16.6. The number of nitrogen functional groups attached to an aromatic ring is 1. The van der Waals surface area contributed by atoms with Gasteiger partial charge in [-0.3, -0.25) is 10.2 Å². The van der Waals surface area contributed by atoms with E-state index in [9.17, 15) is 19.5 Å². The Kier molecular flexibility index (Phi) is 5.59. The Labute approximate surface area is 171 Å². The van der Waals surface area contributed by atoms with Gasteiger partial charge in [-0.25, -0.2) is 9.59 Å². The van der Waals surface area contributed by atoms with Gasteiger partial charge in [0, 0.05) is 16.8 Å². The molecule has 8 nitrogen and oxygen atoms in total. The van der Waals surface area contributed by atoms with E-state index in [4.69, 9.17) is 16.2 Å². The normalized spacial score (nSPS) is 10.3. The number of hydrogen-bond acceptors (Lipinski definition) is 4. The highest BCUT2D eigenvalue weighted by Crippen LogP contribution is 2.29. The minimum absolute atomic E-state index is 0.0933. The van der Waals surface area contributed by atoms with E-state index in [0.717, 1.165) is 6.07 Å². The van der Waals surface area contributed by atoms with Gasteiger partial charge in [-0.2, -0.15) is 0 Å². The number of nitrogens with two attached hydrogens (primary N) is 1. The Morgan fingerprint density at radius 1 is 0.767 bits per heavy atom. The lowest BCUT2D eigenvalue weighted by Gasteiger charge is -2.13. The maximum atomic E-state index is 12.9. The minimum Gasteiger partial charge on any atom is -0.478 e. The number of carboxylic acid groups (broad SMARTS) is 2. The number of amidine groups is 1. The van der Waals surface area contributed by atoms with Gasteiger partial charge in [-0.15, -0.1) is 0 Å². The number of hydrogen-bond donors (Lipinski definition) is 5. The highest BCUT2D eigenvalue weighted by atomic mass is 16.4. The number of benzene rings is 3. The minimum atomic E-state index is -1.30. The topological polar surface area (TPSA) is 154 Å². The molecule has 150 valence electrons. The molecule has 8 heteroatoms. The molecule has 6 N–H and O–H groups in total. The second-order valence-electron chi connectivity index (χ2n) is 6.36. The van der Waals surface area contributed by atoms with Crippen LogP contribution in [0.25, 0.3) is 11.1 Å². The summed E-state index contributed by atoms with van der Waals surface area (Å²) in [5.41, 5.74) is 6.82. The van der Waals surface area contributed by atoms with E-state index in [1.165, 1.54) is 12.1 Å². The summed E-state index contributed by atoms with van der Waals surface area (Å²) in [5, 5.41) is 28.8. The van der Waals surface area contributed by atoms with E-state index >= 15 is 0 Å². The Balaban J connectivity index is 2.00. The molecular formula is C22H17N3O5. The number of amides is 1. The smallest absolute Gasteiger partial charge is 0.336 e. The van der Waals surface area contributed by atoms with Crippen LogP contribution in [0.1, 0.15) is 36.6 Å². The van der Waals surface area contributed by atoms with Gasteiger partial charge in [-0.05, 0) is 53.6 Å². The lowest BCUT2D eigenvalue weighted by Crippen LogP contribution is -2.15. The fourth-order valence-corrected chi connectivity index (χ4v) is 2.94. The van der Waals surface area contributed by atoms with E-state index in [-0.39, 0.29) is 28.1 Å². The monoisotopic (exact) mass is 403 g/mol. The molecule has 0 unspecified atom stereocenters. The van der Waals surface area contributed by atoms with E-state index in [0.29, 0.717) is 16.8 Å². The molecule has 3 aromatic carbocycles. The number of carbonyl (C=O) groups is 3. The summed E-state index contributed by atoms with van der Waals surface area (Å²) in [5.74, 6) is -3.11. The largest absolute Gasteiger partial charge is 0.478 e. The van der Waals surface area contributed by atoms with Crippen LogP contribution in [0.5, 0.6) is 0 Å². The van der Waals surface area contributed by atoms with Crippen LogP contribution in [-0.2, 0) is 0 Å². The predicted molar refractivity (Wildman–Crippen MR) is 111 cm³/mol. The molecule has 3 rings (SSSR count). The second kappa shape index (κ2) is 8.27. The number of anilines is 1. The fourth-order valence-electron chi connectivity index (χ4n) is 2.94. The van der Waals surface area contributed by atoms with E-state index in [1.807, 2.05) is 0 Å². The molecule has 30 heavy (non-hydrogen) atoms. The highest BCUT2D eigenvalue weighted by molar-refractivity contribution is 6.11. The summed E-state index contributed by atoms with van der Waals surface area (Å²) in [4.78, 5) is 35.8. The Bertz CT molecular complexity index is 1170. The first-order valence-corrected chi connectivity index (χ1v) is 8.74. The average Bonchev–Trinajstić information content (AvgIpc) is 2.73. The fraction of sp³-hybridized carbons (Fsp3) is 0. The van der Waals surface area contributed by atoms with Crippen molar-refractivity contribution in [2.24, 2.45) is 5.73 Å². The third-order valence-electron chi connectivity index (χ3n) is 4.41. The predicted octanol–water partition coefficient (Wildman–Crippen LogP) is 3.29. The summed E-state index contributed by atoms with van der Waals surface area (Å²) in [7, 11) is 0. The lowest BCUT2D eigenvalue weighted by atomic mass is 9.93. The van der Waals surface area contributed by atoms with Crippen LogP contribution in [0.2, 0.25) is 0 Å². The molecule has 0 saturated carbocycles. The van der Waals surface area contributed by atoms with Crippen LogP contribution in [0.3, 0.4) is 0 Å². The summed E-state index contributed by atoms with van der Waals surface area (Å²) in [6.45, 7) is 0. The van der Waals surface area contributed by atoms with Crippen molar-refractivity contribution in [1.82, 2.24) is 0 Å². The lowest BCUT2D eigenvalue weighted by molar-refractivity contribution is 0.0696. The van der Waals surface area contributed by atoms with Crippen molar-refractivity contribution in [3.05, 3.63) is 89.0 Å². The van der Waals surface area contributed by atoms with Crippen LogP contribution in [0.4, 0.5) is 5.69 Å². The highest BCUT2D eigenvalue weighted by Gasteiger charge is 2.20. The van der Waals surface area contributed by atoms with E-state index in [1.54, 1.807) is 48.5 Å². The molecule has 0 aromatic heterocycles. The first kappa shape index (κ1) is 20.3. The number of aromatic carboxylic acids is 2. The van der Waals surface area contributed by atoms with Gasteiger partial charge in [0.05, 0.1) is 11.1 Å². The second-order valence-corrected chi connectivity index (χ2v) is 6.36. The standard InChI is InChI=1S/C22H17N3O5/c23-19(24)12-5-8-14(9-6-12)25-20(26)17-4-2-1-3-15(17)16-10-7-13(21(27)28)11-18(16)22(29)30/h1-11H,(H3,23,24)(H,25,26)(H,27,28)(H,29,30). The molecule has 3 aromatic rings. The van der Waals surface area contributed by atoms with Crippen LogP contribution >= 0.6 is 0 Å². The molecule has 0 bridgehead atoms. The Morgan fingerprint density at radius 2 is 1.37 bits per heavy atom. The van der Waals surface area contributed by atoms with E-state index in [2.05, 4.69) is 5.32 Å². The summed E-state index contributed by atoms with van der Waals surface area (Å²) >= 11 is 0. The first-order chi connectivity index (χ1) is 14.3. The number of carboxylic acids is 2. The SMILES string of the molecule is N=C(N)c1ccc(NC(=O)c2ccccc2-c2ccc(C(=O)O)cc2C(=O)O)cc1. The average molecular weight is 403 g/mol. The summed E-state index contributed by atoms with van der Waals surface area (Å²) < 4.78 is 0. The van der Waals surface area contributed by atoms with Crippen LogP contribution in [0.15, 0.2) is 66.7 Å². The van der Waals surface area contributed by atoms with Crippen LogP contribution in [-0.4, -0.2) is 33.9 Å². The van der Waals surface area contributed by atoms with Gasteiger partial charge in [0.2, 0.25) is 0 Å². The molecule has 0 spiro atoms. The van der Waals surface area contributed by atoms with Crippen molar-refractivity contribution >= 4 is 29.4 Å². The van der Waals surface area contributed by atoms with Crippen molar-refractivity contribution in [3.63, 3.8) is 0 Å². The number of carbonyl (C=O) groups excluding carboxylic acids is 1. The van der Waals surface area contributed by atoms with Gasteiger partial charge < -0.3 is 21.3 Å². The molecule has 0 radical (unpaired) electrons. The summed E-state index contributed by atoms with van der Waals surface area (Å²) in [6.07, 6.45) is 0. The quantitative estimate of drug-likeness (QED) is 0.314. The van der Waals surface area contributed by atoms with Gasteiger partial charge in [0.25, 0.3) is 5.91 Å². The van der Waals surface area contributed by atoms with Gasteiger partial charge >= 0.3 is 11.9 Å². The molecule has 1 amide bonds. The number of rotatable bonds is 6. The van der Waals surface area contributed by atoms with E-state index < -0.39 is 17.8 Å². The van der Waals surface area contributed by atoms with Crippen molar-refractivity contribution in [2.75, 3.05) is 5.32 Å². The van der Waals surface area contributed by atoms with Gasteiger partial charge in [0.15, 0.2) is 0 Å². The molecule has 0 fully saturated rings. The molecule has 0 atom stereocenters. The number of nitrogens with one attached hydrogen (secondary N) is 2. The maximum Gasteiger partial charge on any atom is 0.336 e. The third kappa shape index (κ3) is 4.17. The van der Waals surface area contributed by atoms with Crippen LogP contribution in [0, 0.1) is 5.41 Å². The van der Waals surface area contributed by atoms with Gasteiger partial charge in [-0.1, -0.05) is 24.3 Å². The Morgan fingerprint density at radius 3 is 1.97 bits per heavy atom. The Hall–Kier alpha value is -4.46. The molecule has 0 saturated heterocycles. The molecule has 0 aliphatic carbocycles. The van der Waals surface area contributed by atoms with Crippen molar-refractivity contribution in [2.45, 2.75) is 0 Å². The zero-order valence-electron chi connectivity index (χ0n) is 15.5. The van der Waals surface area contributed by atoms with Crippen molar-refractivity contribution < 1.29 is 24.6 Å². The zero-order valence-corrected chi connectivity index (χ0v) is 15.5. The molecule has 0 aliphatic heterocycles.